The quantitative estimate of drug-likeness (QED) is 0.282. The molecule has 0 unspecified atom stereocenters. The molecule has 1 N–H and O–H groups in total. The molecule has 0 saturated carbocycles. The number of halogens is 4. The van der Waals surface area contributed by atoms with Gasteiger partial charge in [0.1, 0.15) is 28.6 Å². The van der Waals surface area contributed by atoms with Crippen LogP contribution in [0.2, 0.25) is 0 Å². The summed E-state index contributed by atoms with van der Waals surface area (Å²) in [5.41, 5.74) is 1.53. The number of hydrogen-bond acceptors (Lipinski definition) is 9. The van der Waals surface area contributed by atoms with E-state index in [-0.39, 0.29) is 42.5 Å². The molecule has 0 radical (unpaired) electrons. The van der Waals surface area contributed by atoms with Crippen molar-refractivity contribution in [3.63, 3.8) is 0 Å². The van der Waals surface area contributed by atoms with Crippen molar-refractivity contribution in [1.82, 2.24) is 30.2 Å². The highest BCUT2D eigenvalue weighted by molar-refractivity contribution is 5.85. The maximum Gasteiger partial charge on any atom is 0.410 e. The van der Waals surface area contributed by atoms with Crippen LogP contribution in [0.4, 0.5) is 25.2 Å². The summed E-state index contributed by atoms with van der Waals surface area (Å²) in [5, 5.41) is 3.29. The van der Waals surface area contributed by atoms with E-state index in [1.807, 2.05) is 31.7 Å². The van der Waals surface area contributed by atoms with Gasteiger partial charge < -0.3 is 24.8 Å². The lowest BCUT2D eigenvalue weighted by Gasteiger charge is -2.36. The number of rotatable bonds is 4. The third-order valence-corrected chi connectivity index (χ3v) is 7.26. The van der Waals surface area contributed by atoms with Gasteiger partial charge >= 0.3 is 6.09 Å². The third-order valence-electron chi connectivity index (χ3n) is 7.26. The Balaban J connectivity index is 0.000000255. The van der Waals surface area contributed by atoms with E-state index in [0.717, 1.165) is 32.0 Å². The number of aromatic nitrogens is 4. The Bertz CT molecular complexity index is 1600. The second kappa shape index (κ2) is 17.1. The lowest BCUT2D eigenvalue weighted by atomic mass is 10.1. The van der Waals surface area contributed by atoms with Gasteiger partial charge in [-0.25, -0.2) is 23.5 Å². The number of amides is 1. The topological polar surface area (TPSA) is 99.6 Å². The normalized spacial score (nSPS) is 14.6. The summed E-state index contributed by atoms with van der Waals surface area (Å²) < 4.78 is 33.5. The Labute approximate surface area is 286 Å². The van der Waals surface area contributed by atoms with Crippen LogP contribution in [-0.4, -0.2) is 88.9 Å². The first-order valence-electron chi connectivity index (χ1n) is 15.0. The van der Waals surface area contributed by atoms with E-state index in [4.69, 9.17) is 4.74 Å². The minimum absolute atomic E-state index is 0. The third kappa shape index (κ3) is 9.69. The summed E-state index contributed by atoms with van der Waals surface area (Å²) in [5.74, 6) is 0.788. The minimum Gasteiger partial charge on any atom is -0.444 e. The highest BCUT2D eigenvalue weighted by Gasteiger charge is 2.28. The zero-order valence-corrected chi connectivity index (χ0v) is 28.2. The van der Waals surface area contributed by atoms with Crippen molar-refractivity contribution >= 4 is 42.5 Å². The molecule has 0 spiro atoms. The summed E-state index contributed by atoms with van der Waals surface area (Å²) >= 11 is 0. The Morgan fingerprint density at radius 1 is 0.681 bits per heavy atom. The van der Waals surface area contributed by atoms with E-state index in [2.05, 4.69) is 30.2 Å². The summed E-state index contributed by atoms with van der Waals surface area (Å²) in [4.78, 5) is 35.5. The summed E-state index contributed by atoms with van der Waals surface area (Å²) in [6.07, 6.45) is 6.10. The molecule has 2 aromatic heterocycles. The van der Waals surface area contributed by atoms with Gasteiger partial charge in [-0.2, -0.15) is 0 Å². The van der Waals surface area contributed by atoms with Crippen molar-refractivity contribution in [2.75, 3.05) is 62.2 Å². The number of hydrogen-bond donors (Lipinski definition) is 1. The van der Waals surface area contributed by atoms with Gasteiger partial charge in [0, 0.05) is 88.3 Å². The van der Waals surface area contributed by atoms with Crippen molar-refractivity contribution < 1.29 is 18.3 Å². The Morgan fingerprint density at radius 2 is 1.11 bits per heavy atom. The van der Waals surface area contributed by atoms with E-state index in [1.54, 1.807) is 60.0 Å². The van der Waals surface area contributed by atoms with Crippen molar-refractivity contribution in [3.05, 3.63) is 85.0 Å². The Kier molecular flexibility index (Phi) is 13.6. The zero-order valence-electron chi connectivity index (χ0n) is 26.6. The predicted octanol–water partition coefficient (Wildman–Crippen LogP) is 5.88. The molecule has 47 heavy (non-hydrogen) atoms. The number of carbonyl (C=O) groups excluding carboxylic acids is 1. The van der Waals surface area contributed by atoms with Crippen LogP contribution < -0.4 is 15.1 Å². The van der Waals surface area contributed by atoms with Crippen LogP contribution in [0, 0.1) is 11.6 Å². The molecule has 2 aliphatic heterocycles. The van der Waals surface area contributed by atoms with Gasteiger partial charge in [-0.15, -0.1) is 24.8 Å². The average molecular weight is 690 g/mol. The van der Waals surface area contributed by atoms with Crippen LogP contribution in [0.15, 0.2) is 73.3 Å². The van der Waals surface area contributed by atoms with E-state index < -0.39 is 5.60 Å². The fourth-order valence-electron chi connectivity index (χ4n) is 5.11. The number of piperazine rings is 2. The van der Waals surface area contributed by atoms with Gasteiger partial charge in [-0.05, 0) is 45.0 Å². The monoisotopic (exact) mass is 688 g/mol. The molecule has 1 amide bonds. The number of ether oxygens (including phenoxy) is 1. The van der Waals surface area contributed by atoms with Crippen LogP contribution in [0.25, 0.3) is 22.5 Å². The molecule has 10 nitrogen and oxygen atoms in total. The van der Waals surface area contributed by atoms with Gasteiger partial charge in [-0.1, -0.05) is 24.3 Å². The van der Waals surface area contributed by atoms with Crippen molar-refractivity contribution in [2.45, 2.75) is 26.4 Å². The molecule has 0 atom stereocenters. The van der Waals surface area contributed by atoms with Crippen LogP contribution >= 0.6 is 24.8 Å². The van der Waals surface area contributed by atoms with E-state index in [9.17, 15) is 13.6 Å². The zero-order chi connectivity index (χ0) is 31.8. The molecule has 2 aliphatic rings. The van der Waals surface area contributed by atoms with E-state index in [1.165, 1.54) is 12.1 Å². The lowest BCUT2D eigenvalue weighted by molar-refractivity contribution is 0.0240. The molecule has 2 saturated heterocycles. The van der Waals surface area contributed by atoms with Crippen LogP contribution in [0.5, 0.6) is 0 Å². The number of nitrogens with one attached hydrogen (secondary N) is 1. The second-order valence-electron chi connectivity index (χ2n) is 11.6. The van der Waals surface area contributed by atoms with Crippen molar-refractivity contribution in [2.24, 2.45) is 0 Å². The van der Waals surface area contributed by atoms with Gasteiger partial charge in [0.15, 0.2) is 11.6 Å². The summed E-state index contributed by atoms with van der Waals surface area (Å²) in [7, 11) is 0. The second-order valence-corrected chi connectivity index (χ2v) is 11.6. The smallest absolute Gasteiger partial charge is 0.410 e. The predicted molar refractivity (Wildman–Crippen MR) is 184 cm³/mol. The molecular weight excluding hydrogens is 649 g/mol. The SMILES string of the molecule is CC(C)(C)OC(=O)N1CCN(c2nccnc2-c2ccccc2F)CC1.Cl.Cl.Fc1ccccc1-c1nccnc1N1CCNCC1. The molecular formula is C33H40Cl2F2N8O2. The first-order chi connectivity index (χ1) is 21.7. The molecule has 252 valence electrons. The van der Waals surface area contributed by atoms with Crippen molar-refractivity contribution in [3.8, 4) is 22.5 Å². The molecule has 14 heteroatoms. The van der Waals surface area contributed by atoms with Gasteiger partial charge in [0.25, 0.3) is 0 Å². The summed E-state index contributed by atoms with van der Waals surface area (Å²) in [6, 6.07) is 13.2. The lowest BCUT2D eigenvalue weighted by Crippen LogP contribution is -2.50. The molecule has 4 aromatic rings. The number of benzene rings is 2. The van der Waals surface area contributed by atoms with Crippen LogP contribution in [-0.2, 0) is 4.74 Å². The Morgan fingerprint density at radius 3 is 1.55 bits per heavy atom. The van der Waals surface area contributed by atoms with Gasteiger partial charge in [0.05, 0.1) is 0 Å². The minimum atomic E-state index is -0.517. The number of carbonyl (C=O) groups is 1. The highest BCUT2D eigenvalue weighted by atomic mass is 35.5. The largest absolute Gasteiger partial charge is 0.444 e. The van der Waals surface area contributed by atoms with Gasteiger partial charge in [-0.3, -0.25) is 9.97 Å². The van der Waals surface area contributed by atoms with Crippen LogP contribution in [0.1, 0.15) is 20.8 Å². The fourth-order valence-corrected chi connectivity index (χ4v) is 5.11. The van der Waals surface area contributed by atoms with E-state index >= 15 is 0 Å². The van der Waals surface area contributed by atoms with Crippen LogP contribution in [0.3, 0.4) is 0 Å². The molecule has 6 rings (SSSR count). The maximum absolute atomic E-state index is 14.2. The highest BCUT2D eigenvalue weighted by Crippen LogP contribution is 2.30. The number of anilines is 2. The fraction of sp³-hybridized carbons (Fsp3) is 0.364. The first kappa shape index (κ1) is 37.3. The Hall–Kier alpha value is -4.13. The molecule has 4 heterocycles. The maximum atomic E-state index is 14.2. The molecule has 2 fully saturated rings. The molecule has 0 bridgehead atoms. The standard InChI is InChI=1S/C19H23FN4O2.C14H15FN4.2ClH/c1-19(2,3)26-18(25)24-12-10-23(11-13-24)17-16(21-8-9-22-17)14-6-4-5-7-15(14)20;15-12-4-2-1-3-11(12)13-14(18-6-5-17-13)19-9-7-16-8-10-19;;/h4-9H,10-13H2,1-3H3;1-6,16H,7-10H2;2*1H. The molecule has 2 aromatic carbocycles. The average Bonchev–Trinajstić information content (AvgIpc) is 3.05. The van der Waals surface area contributed by atoms with Crippen molar-refractivity contribution in [1.29, 1.82) is 0 Å². The van der Waals surface area contributed by atoms with Gasteiger partial charge in [0.2, 0.25) is 0 Å². The summed E-state index contributed by atoms with van der Waals surface area (Å²) in [6.45, 7) is 11.3. The van der Waals surface area contributed by atoms with E-state index in [0.29, 0.717) is 54.5 Å². The molecule has 0 aliphatic carbocycles. The first-order valence-corrected chi connectivity index (χ1v) is 15.0. The number of nitrogens with zero attached hydrogens (tertiary/aromatic N) is 7.